The first-order chi connectivity index (χ1) is 14.9. The number of carbonyl (C=O) groups excluding carboxylic acids is 2. The van der Waals surface area contributed by atoms with Gasteiger partial charge in [0.15, 0.2) is 6.61 Å². The number of nitrogens with one attached hydrogen (secondary N) is 2. The van der Waals surface area contributed by atoms with Gasteiger partial charge in [-0.05, 0) is 24.3 Å². The molecule has 2 aromatic carbocycles. The van der Waals surface area contributed by atoms with Crippen LogP contribution in [0.4, 0.5) is 11.6 Å². The Morgan fingerprint density at radius 3 is 2.65 bits per heavy atom. The Morgan fingerprint density at radius 2 is 1.90 bits per heavy atom. The fraction of sp³-hybridized carbons (Fsp3) is 0.100. The van der Waals surface area contributed by atoms with E-state index < -0.39 is 5.91 Å². The minimum atomic E-state index is -0.435. The van der Waals surface area contributed by atoms with E-state index in [1.807, 2.05) is 17.5 Å². The second kappa shape index (κ2) is 8.93. The zero-order valence-corrected chi connectivity index (χ0v) is 18.4. The lowest BCUT2D eigenvalue weighted by Gasteiger charge is -2.07. The van der Waals surface area contributed by atoms with Gasteiger partial charge in [-0.25, -0.2) is 4.52 Å². The molecule has 0 atom stereocenters. The van der Waals surface area contributed by atoms with Crippen molar-refractivity contribution in [3.05, 3.63) is 57.9 Å². The normalized spacial score (nSPS) is 10.8. The van der Waals surface area contributed by atoms with Gasteiger partial charge in [0.25, 0.3) is 11.9 Å². The molecule has 0 aliphatic heterocycles. The Balaban J connectivity index is 1.45. The van der Waals surface area contributed by atoms with Crippen LogP contribution in [0.5, 0.6) is 5.75 Å². The second-order valence-corrected chi connectivity index (χ2v) is 8.10. The third kappa shape index (κ3) is 4.96. The van der Waals surface area contributed by atoms with E-state index in [4.69, 9.17) is 27.9 Å². The summed E-state index contributed by atoms with van der Waals surface area (Å²) in [5, 5.41) is 12.4. The highest BCUT2D eigenvalue weighted by Gasteiger charge is 2.14. The fourth-order valence-electron chi connectivity index (χ4n) is 2.75. The lowest BCUT2D eigenvalue weighted by Crippen LogP contribution is -2.21. The largest absolute Gasteiger partial charge is 0.482 e. The Hall–Kier alpha value is -3.14. The van der Waals surface area contributed by atoms with Gasteiger partial charge < -0.3 is 10.1 Å². The van der Waals surface area contributed by atoms with Crippen LogP contribution in [-0.2, 0) is 9.59 Å². The molecule has 0 fully saturated rings. The first-order valence-electron chi connectivity index (χ1n) is 8.99. The number of halogens is 2. The number of thiazole rings is 1. The Morgan fingerprint density at radius 1 is 1.13 bits per heavy atom. The molecule has 4 aromatic rings. The molecule has 11 heteroatoms. The van der Waals surface area contributed by atoms with Crippen molar-refractivity contribution in [2.45, 2.75) is 6.92 Å². The standard InChI is InChI=1S/C20H15Cl2N5O3S/c1-11(28)23-14-5-2-12(3-6-14)16-10-31-20-25-19(26-27(16)20)24-18(29)9-30-17-8-13(21)4-7-15(17)22/h2-8,10H,9H2,1H3,(H,23,28)(H,24,26,29). The number of nitrogens with zero attached hydrogens (tertiary/aromatic N) is 3. The van der Waals surface area contributed by atoms with Gasteiger partial charge in [0.05, 0.1) is 10.7 Å². The van der Waals surface area contributed by atoms with Gasteiger partial charge in [-0.15, -0.1) is 16.4 Å². The molecule has 2 aromatic heterocycles. The van der Waals surface area contributed by atoms with E-state index >= 15 is 0 Å². The predicted octanol–water partition coefficient (Wildman–Crippen LogP) is 4.74. The fourth-order valence-corrected chi connectivity index (χ4v) is 3.92. The maximum absolute atomic E-state index is 12.2. The molecule has 0 saturated heterocycles. The van der Waals surface area contributed by atoms with Crippen molar-refractivity contribution in [2.75, 3.05) is 17.2 Å². The Labute approximate surface area is 190 Å². The molecule has 0 radical (unpaired) electrons. The maximum Gasteiger partial charge on any atom is 0.264 e. The first kappa shape index (κ1) is 21.1. The van der Waals surface area contributed by atoms with Crippen LogP contribution in [0.1, 0.15) is 6.92 Å². The molecular weight excluding hydrogens is 461 g/mol. The van der Waals surface area contributed by atoms with Gasteiger partial charge in [0.2, 0.25) is 10.9 Å². The van der Waals surface area contributed by atoms with Crippen LogP contribution in [0.2, 0.25) is 10.0 Å². The third-order valence-electron chi connectivity index (χ3n) is 4.09. The Bertz CT molecular complexity index is 1270. The van der Waals surface area contributed by atoms with Crippen molar-refractivity contribution in [1.29, 1.82) is 0 Å². The number of hydrogen-bond donors (Lipinski definition) is 2. The maximum atomic E-state index is 12.2. The summed E-state index contributed by atoms with van der Waals surface area (Å²) in [6, 6.07) is 12.1. The topological polar surface area (TPSA) is 97.6 Å². The van der Waals surface area contributed by atoms with Crippen LogP contribution in [0.25, 0.3) is 16.2 Å². The van der Waals surface area contributed by atoms with Gasteiger partial charge in [-0.3, -0.25) is 14.9 Å². The van der Waals surface area contributed by atoms with E-state index in [0.717, 1.165) is 11.3 Å². The number of benzene rings is 2. The number of aromatic nitrogens is 3. The molecule has 8 nitrogen and oxygen atoms in total. The molecule has 4 rings (SSSR count). The molecule has 158 valence electrons. The summed E-state index contributed by atoms with van der Waals surface area (Å²) in [7, 11) is 0. The number of amides is 2. The molecule has 0 unspecified atom stereocenters. The number of hydrogen-bond acceptors (Lipinski definition) is 6. The van der Waals surface area contributed by atoms with Crippen LogP contribution in [-0.4, -0.2) is 33.0 Å². The van der Waals surface area contributed by atoms with Crippen LogP contribution in [0.15, 0.2) is 47.8 Å². The second-order valence-electron chi connectivity index (χ2n) is 6.42. The average Bonchev–Trinajstić information content (AvgIpc) is 3.29. The summed E-state index contributed by atoms with van der Waals surface area (Å²) in [5.41, 5.74) is 2.40. The van der Waals surface area contributed by atoms with Crippen LogP contribution < -0.4 is 15.4 Å². The van der Waals surface area contributed by atoms with Crippen molar-refractivity contribution < 1.29 is 14.3 Å². The summed E-state index contributed by atoms with van der Waals surface area (Å²) >= 11 is 13.3. The molecule has 31 heavy (non-hydrogen) atoms. The smallest absolute Gasteiger partial charge is 0.264 e. The Kier molecular flexibility index (Phi) is 6.08. The summed E-state index contributed by atoms with van der Waals surface area (Å²) in [6.45, 7) is 1.18. The zero-order valence-electron chi connectivity index (χ0n) is 16.1. The minimum Gasteiger partial charge on any atom is -0.482 e. The monoisotopic (exact) mass is 475 g/mol. The van der Waals surface area contributed by atoms with Crippen molar-refractivity contribution >= 4 is 62.9 Å². The van der Waals surface area contributed by atoms with E-state index in [-0.39, 0.29) is 18.5 Å². The van der Waals surface area contributed by atoms with Gasteiger partial charge >= 0.3 is 0 Å². The van der Waals surface area contributed by atoms with Crippen LogP contribution >= 0.6 is 34.5 Å². The molecule has 2 N–H and O–H groups in total. The van der Waals surface area contributed by atoms with Crippen LogP contribution in [0, 0.1) is 0 Å². The highest BCUT2D eigenvalue weighted by Crippen LogP contribution is 2.28. The number of carbonyl (C=O) groups is 2. The molecule has 2 heterocycles. The van der Waals surface area contributed by atoms with E-state index in [9.17, 15) is 9.59 Å². The van der Waals surface area contributed by atoms with Crippen LogP contribution in [0.3, 0.4) is 0 Å². The number of fused-ring (bicyclic) bond motifs is 1. The molecule has 0 aliphatic rings. The van der Waals surface area contributed by atoms with Crippen molar-refractivity contribution in [3.8, 4) is 17.0 Å². The molecule has 0 saturated carbocycles. The van der Waals surface area contributed by atoms with E-state index in [0.29, 0.717) is 26.4 Å². The SMILES string of the molecule is CC(=O)Nc1ccc(-c2csc3nc(NC(=O)COc4cc(Cl)ccc4Cl)nn23)cc1. The first-order valence-corrected chi connectivity index (χ1v) is 10.6. The molecule has 0 bridgehead atoms. The predicted molar refractivity (Wildman–Crippen MR) is 121 cm³/mol. The van der Waals surface area contributed by atoms with Gasteiger partial charge in [-0.2, -0.15) is 4.98 Å². The van der Waals surface area contributed by atoms with E-state index in [1.54, 1.807) is 28.8 Å². The van der Waals surface area contributed by atoms with E-state index in [2.05, 4.69) is 20.7 Å². The van der Waals surface area contributed by atoms with Gasteiger partial charge in [0, 0.05) is 34.6 Å². The number of rotatable bonds is 6. The third-order valence-corrected chi connectivity index (χ3v) is 5.45. The highest BCUT2D eigenvalue weighted by molar-refractivity contribution is 7.15. The molecular formula is C20H15Cl2N5O3S. The van der Waals surface area contributed by atoms with Gasteiger partial charge in [-0.1, -0.05) is 35.3 Å². The van der Waals surface area contributed by atoms with E-state index in [1.165, 1.54) is 24.3 Å². The molecule has 0 aliphatic carbocycles. The van der Waals surface area contributed by atoms with Crippen molar-refractivity contribution in [3.63, 3.8) is 0 Å². The molecule has 0 spiro atoms. The quantitative estimate of drug-likeness (QED) is 0.419. The van der Waals surface area contributed by atoms with Crippen molar-refractivity contribution in [2.24, 2.45) is 0 Å². The summed E-state index contributed by atoms with van der Waals surface area (Å²) in [6.07, 6.45) is 0. The lowest BCUT2D eigenvalue weighted by molar-refractivity contribution is -0.118. The molecule has 2 amide bonds. The minimum absolute atomic E-state index is 0.135. The lowest BCUT2D eigenvalue weighted by atomic mass is 10.1. The zero-order chi connectivity index (χ0) is 22.0. The number of anilines is 2. The summed E-state index contributed by atoms with van der Waals surface area (Å²) in [5.74, 6) is -0.0960. The summed E-state index contributed by atoms with van der Waals surface area (Å²) in [4.78, 5) is 28.3. The average molecular weight is 476 g/mol. The number of ether oxygens (including phenoxy) is 1. The van der Waals surface area contributed by atoms with Gasteiger partial charge in [0.1, 0.15) is 5.75 Å². The summed E-state index contributed by atoms with van der Waals surface area (Å²) < 4.78 is 7.06. The van der Waals surface area contributed by atoms with Crippen molar-refractivity contribution in [1.82, 2.24) is 14.6 Å². The highest BCUT2D eigenvalue weighted by atomic mass is 35.5.